The summed E-state index contributed by atoms with van der Waals surface area (Å²) in [4.78, 5) is 4.57. The molecule has 112 valence electrons. The summed E-state index contributed by atoms with van der Waals surface area (Å²) in [5.41, 5.74) is 1.39. The van der Waals surface area contributed by atoms with Gasteiger partial charge < -0.3 is 10.6 Å². The number of hydrogen-bond acceptors (Lipinski definition) is 2. The Bertz CT molecular complexity index is 379. The second-order valence-corrected chi connectivity index (χ2v) is 5.81. The van der Waals surface area contributed by atoms with Crippen molar-refractivity contribution < 1.29 is 0 Å². The number of nitrogens with zero attached hydrogens (tertiary/aromatic N) is 1. The van der Waals surface area contributed by atoms with Gasteiger partial charge in [-0.05, 0) is 38.5 Å². The normalized spacial score (nSPS) is 13.1. The lowest BCUT2D eigenvalue weighted by atomic mass is 10.1. The van der Waals surface area contributed by atoms with Crippen LogP contribution in [0.5, 0.6) is 0 Å². The molecule has 0 heterocycles. The first kappa shape index (κ1) is 16.9. The molecule has 1 atom stereocenters. The molecule has 3 nitrogen and oxygen atoms in total. The lowest BCUT2D eigenvalue weighted by Crippen LogP contribution is -2.42. The van der Waals surface area contributed by atoms with Crippen LogP contribution in [0.15, 0.2) is 35.3 Å². The molecular weight excluding hydrogens is 266 g/mol. The maximum atomic E-state index is 4.57. The smallest absolute Gasteiger partial charge is 0.191 e. The molecule has 2 N–H and O–H groups in total. The van der Waals surface area contributed by atoms with Gasteiger partial charge in [-0.2, -0.15) is 11.8 Å². The molecule has 1 rings (SSSR count). The van der Waals surface area contributed by atoms with Gasteiger partial charge in [-0.25, -0.2) is 0 Å². The van der Waals surface area contributed by atoms with E-state index < -0.39 is 0 Å². The van der Waals surface area contributed by atoms with Crippen molar-refractivity contribution in [1.82, 2.24) is 10.6 Å². The van der Waals surface area contributed by atoms with Gasteiger partial charge in [0.2, 0.25) is 0 Å². The molecule has 0 aliphatic carbocycles. The van der Waals surface area contributed by atoms with E-state index in [1.165, 1.54) is 5.56 Å². The van der Waals surface area contributed by atoms with Gasteiger partial charge in [0.1, 0.15) is 0 Å². The Kier molecular flexibility index (Phi) is 8.96. The minimum absolute atomic E-state index is 0.419. The molecule has 1 unspecified atom stereocenters. The SMILES string of the molecule is CCNC(=NCCSC)NC(C)CCc1ccccc1. The first-order chi connectivity index (χ1) is 9.76. The number of hydrogen-bond donors (Lipinski definition) is 2. The zero-order valence-corrected chi connectivity index (χ0v) is 13.7. The molecule has 0 aromatic heterocycles. The summed E-state index contributed by atoms with van der Waals surface area (Å²) in [5, 5.41) is 6.78. The van der Waals surface area contributed by atoms with Crippen molar-refractivity contribution >= 4 is 17.7 Å². The summed E-state index contributed by atoms with van der Waals surface area (Å²) in [6, 6.07) is 11.0. The van der Waals surface area contributed by atoms with Crippen LogP contribution in [-0.4, -0.2) is 37.1 Å². The molecule has 1 aromatic rings. The van der Waals surface area contributed by atoms with E-state index in [1.54, 1.807) is 0 Å². The number of rotatable bonds is 8. The van der Waals surface area contributed by atoms with Gasteiger partial charge in [-0.15, -0.1) is 0 Å². The first-order valence-corrected chi connectivity index (χ1v) is 8.73. The third-order valence-electron chi connectivity index (χ3n) is 3.00. The van der Waals surface area contributed by atoms with Crippen LogP contribution in [-0.2, 0) is 6.42 Å². The number of nitrogens with one attached hydrogen (secondary N) is 2. The molecule has 0 saturated heterocycles. The van der Waals surface area contributed by atoms with Crippen molar-refractivity contribution in [1.29, 1.82) is 0 Å². The topological polar surface area (TPSA) is 36.4 Å². The quantitative estimate of drug-likeness (QED) is 0.439. The van der Waals surface area contributed by atoms with Crippen LogP contribution in [0, 0.1) is 0 Å². The highest BCUT2D eigenvalue weighted by atomic mass is 32.2. The van der Waals surface area contributed by atoms with Crippen LogP contribution < -0.4 is 10.6 Å². The maximum absolute atomic E-state index is 4.57. The molecular formula is C16H27N3S. The molecule has 0 fully saturated rings. The highest BCUT2D eigenvalue weighted by Gasteiger charge is 2.05. The van der Waals surface area contributed by atoms with Crippen molar-refractivity contribution in [2.45, 2.75) is 32.7 Å². The molecule has 1 aromatic carbocycles. The minimum atomic E-state index is 0.419. The van der Waals surface area contributed by atoms with E-state index in [1.807, 2.05) is 11.8 Å². The van der Waals surface area contributed by atoms with Crippen LogP contribution in [0.2, 0.25) is 0 Å². The largest absolute Gasteiger partial charge is 0.357 e. The number of aryl methyl sites for hydroxylation is 1. The Labute approximate surface area is 127 Å². The van der Waals surface area contributed by atoms with Gasteiger partial charge >= 0.3 is 0 Å². The average molecular weight is 293 g/mol. The Hall–Kier alpha value is -1.16. The molecule has 0 bridgehead atoms. The molecule has 0 saturated carbocycles. The predicted octanol–water partition coefficient (Wildman–Crippen LogP) is 2.93. The lowest BCUT2D eigenvalue weighted by Gasteiger charge is -2.17. The third kappa shape index (κ3) is 7.43. The second-order valence-electron chi connectivity index (χ2n) is 4.82. The monoisotopic (exact) mass is 293 g/mol. The Morgan fingerprint density at radius 3 is 2.70 bits per heavy atom. The van der Waals surface area contributed by atoms with Crippen LogP contribution in [0.1, 0.15) is 25.8 Å². The maximum Gasteiger partial charge on any atom is 0.191 e. The number of benzene rings is 1. The number of guanidine groups is 1. The zero-order valence-electron chi connectivity index (χ0n) is 12.9. The Balaban J connectivity index is 2.37. The summed E-state index contributed by atoms with van der Waals surface area (Å²) < 4.78 is 0. The predicted molar refractivity (Wildman–Crippen MR) is 91.7 cm³/mol. The van der Waals surface area contributed by atoms with Crippen LogP contribution in [0.4, 0.5) is 0 Å². The van der Waals surface area contributed by atoms with E-state index in [4.69, 9.17) is 0 Å². The second kappa shape index (κ2) is 10.6. The van der Waals surface area contributed by atoms with E-state index in [9.17, 15) is 0 Å². The van der Waals surface area contributed by atoms with Gasteiger partial charge in [0.25, 0.3) is 0 Å². The van der Waals surface area contributed by atoms with Gasteiger partial charge in [0, 0.05) is 18.3 Å². The average Bonchev–Trinajstić information content (AvgIpc) is 2.47. The highest BCUT2D eigenvalue weighted by molar-refractivity contribution is 7.98. The molecule has 0 amide bonds. The zero-order chi connectivity index (χ0) is 14.6. The van der Waals surface area contributed by atoms with Crippen molar-refractivity contribution in [2.24, 2.45) is 4.99 Å². The summed E-state index contributed by atoms with van der Waals surface area (Å²) in [6.07, 6.45) is 4.31. The van der Waals surface area contributed by atoms with Crippen molar-refractivity contribution in [3.8, 4) is 0 Å². The van der Waals surface area contributed by atoms with Crippen LogP contribution >= 0.6 is 11.8 Å². The molecule has 4 heteroatoms. The van der Waals surface area contributed by atoms with Crippen LogP contribution in [0.25, 0.3) is 0 Å². The molecule has 20 heavy (non-hydrogen) atoms. The van der Waals surface area contributed by atoms with Gasteiger partial charge in [-0.1, -0.05) is 30.3 Å². The fourth-order valence-corrected chi connectivity index (χ4v) is 2.18. The molecule has 0 aliphatic heterocycles. The van der Waals surface area contributed by atoms with E-state index in [0.717, 1.165) is 37.6 Å². The van der Waals surface area contributed by atoms with Crippen molar-refractivity contribution in [3.63, 3.8) is 0 Å². The number of thioether (sulfide) groups is 1. The van der Waals surface area contributed by atoms with Gasteiger partial charge in [-0.3, -0.25) is 4.99 Å². The Morgan fingerprint density at radius 1 is 1.30 bits per heavy atom. The first-order valence-electron chi connectivity index (χ1n) is 7.34. The minimum Gasteiger partial charge on any atom is -0.357 e. The van der Waals surface area contributed by atoms with E-state index >= 15 is 0 Å². The van der Waals surface area contributed by atoms with E-state index in [-0.39, 0.29) is 0 Å². The van der Waals surface area contributed by atoms with Crippen molar-refractivity contribution in [3.05, 3.63) is 35.9 Å². The van der Waals surface area contributed by atoms with E-state index in [0.29, 0.717) is 6.04 Å². The standard InChI is InChI=1S/C16H27N3S/c1-4-17-16(18-12-13-20-3)19-14(2)10-11-15-8-6-5-7-9-15/h5-9,14H,4,10-13H2,1-3H3,(H2,17,18,19). The third-order valence-corrected chi connectivity index (χ3v) is 3.59. The Morgan fingerprint density at radius 2 is 2.05 bits per heavy atom. The van der Waals surface area contributed by atoms with Gasteiger partial charge in [0.15, 0.2) is 5.96 Å². The summed E-state index contributed by atoms with van der Waals surface area (Å²) in [6.45, 7) is 6.07. The number of aliphatic imine (C=N–C) groups is 1. The molecule has 0 spiro atoms. The lowest BCUT2D eigenvalue weighted by molar-refractivity contribution is 0.594. The van der Waals surface area contributed by atoms with Gasteiger partial charge in [0.05, 0.1) is 6.54 Å². The van der Waals surface area contributed by atoms with Crippen molar-refractivity contribution in [2.75, 3.05) is 25.1 Å². The highest BCUT2D eigenvalue weighted by Crippen LogP contribution is 2.04. The fraction of sp³-hybridized carbons (Fsp3) is 0.562. The van der Waals surface area contributed by atoms with Crippen LogP contribution in [0.3, 0.4) is 0 Å². The molecule has 0 aliphatic rings. The van der Waals surface area contributed by atoms with E-state index in [2.05, 4.69) is 66.1 Å². The summed E-state index contributed by atoms with van der Waals surface area (Å²) >= 11 is 1.83. The molecule has 0 radical (unpaired) electrons. The summed E-state index contributed by atoms with van der Waals surface area (Å²) in [7, 11) is 0. The fourth-order valence-electron chi connectivity index (χ4n) is 1.90. The summed E-state index contributed by atoms with van der Waals surface area (Å²) in [5.74, 6) is 2.00.